The minimum absolute atomic E-state index is 0.0811. The van der Waals surface area contributed by atoms with Crippen LogP contribution >= 0.6 is 11.8 Å². The number of hydrogen-bond donors (Lipinski definition) is 1. The molecule has 0 bridgehead atoms. The van der Waals surface area contributed by atoms with E-state index in [0.29, 0.717) is 21.7 Å². The molecule has 5 heteroatoms. The number of anilines is 1. The highest BCUT2D eigenvalue weighted by Crippen LogP contribution is 2.21. The van der Waals surface area contributed by atoms with Gasteiger partial charge in [0.2, 0.25) is 5.91 Å². The number of carbonyl (C=O) groups is 2. The zero-order valence-electron chi connectivity index (χ0n) is 13.8. The van der Waals surface area contributed by atoms with E-state index in [1.54, 1.807) is 66.7 Å². The van der Waals surface area contributed by atoms with Gasteiger partial charge in [-0.25, -0.2) is 4.39 Å². The fourth-order valence-corrected chi connectivity index (χ4v) is 3.14. The van der Waals surface area contributed by atoms with E-state index in [2.05, 4.69) is 5.32 Å². The number of carbonyl (C=O) groups excluding carboxylic acids is 2. The van der Waals surface area contributed by atoms with E-state index in [-0.39, 0.29) is 23.3 Å². The van der Waals surface area contributed by atoms with Crippen LogP contribution in [0.1, 0.15) is 15.9 Å². The molecule has 0 aliphatic carbocycles. The van der Waals surface area contributed by atoms with Gasteiger partial charge in [-0.1, -0.05) is 54.6 Å². The first-order chi connectivity index (χ1) is 12.6. The van der Waals surface area contributed by atoms with Gasteiger partial charge in [-0.05, 0) is 24.3 Å². The van der Waals surface area contributed by atoms with Gasteiger partial charge in [0.15, 0.2) is 5.78 Å². The quantitative estimate of drug-likeness (QED) is 0.505. The molecule has 3 aromatic carbocycles. The van der Waals surface area contributed by atoms with Crippen LogP contribution in [0.25, 0.3) is 0 Å². The average molecular weight is 365 g/mol. The minimum atomic E-state index is -0.347. The highest BCUT2D eigenvalue weighted by atomic mass is 32.2. The highest BCUT2D eigenvalue weighted by molar-refractivity contribution is 8.00. The van der Waals surface area contributed by atoms with Crippen LogP contribution < -0.4 is 5.32 Å². The summed E-state index contributed by atoms with van der Waals surface area (Å²) in [6.45, 7) is 0. The number of ketones is 1. The van der Waals surface area contributed by atoms with Crippen LogP contribution in [-0.2, 0) is 4.79 Å². The zero-order chi connectivity index (χ0) is 18.4. The summed E-state index contributed by atoms with van der Waals surface area (Å²) in [5.41, 5.74) is 1.62. The van der Waals surface area contributed by atoms with Gasteiger partial charge < -0.3 is 5.32 Å². The lowest BCUT2D eigenvalue weighted by molar-refractivity contribution is -0.113. The molecule has 1 amide bonds. The molecule has 1 N–H and O–H groups in total. The van der Waals surface area contributed by atoms with Crippen molar-refractivity contribution in [2.24, 2.45) is 0 Å². The average Bonchev–Trinajstić information content (AvgIpc) is 2.68. The minimum Gasteiger partial charge on any atom is -0.325 e. The van der Waals surface area contributed by atoms with Crippen molar-refractivity contribution in [2.45, 2.75) is 4.90 Å². The molecule has 0 saturated heterocycles. The van der Waals surface area contributed by atoms with Gasteiger partial charge in [0.25, 0.3) is 0 Å². The number of rotatable bonds is 6. The fourth-order valence-electron chi connectivity index (χ4n) is 2.40. The maximum Gasteiger partial charge on any atom is 0.234 e. The predicted octanol–water partition coefficient (Wildman–Crippen LogP) is 4.79. The summed E-state index contributed by atoms with van der Waals surface area (Å²) < 4.78 is 13.6. The molecule has 0 radical (unpaired) electrons. The number of nitrogens with one attached hydrogen (secondary N) is 1. The van der Waals surface area contributed by atoms with Crippen molar-refractivity contribution in [2.75, 3.05) is 11.1 Å². The van der Waals surface area contributed by atoms with Gasteiger partial charge in [-0.2, -0.15) is 0 Å². The van der Waals surface area contributed by atoms with Crippen molar-refractivity contribution in [1.29, 1.82) is 0 Å². The molecule has 26 heavy (non-hydrogen) atoms. The largest absolute Gasteiger partial charge is 0.325 e. The molecule has 0 aromatic heterocycles. The van der Waals surface area contributed by atoms with E-state index in [4.69, 9.17) is 0 Å². The number of amides is 1. The molecular weight excluding hydrogens is 349 g/mol. The van der Waals surface area contributed by atoms with Crippen LogP contribution in [0.3, 0.4) is 0 Å². The zero-order valence-corrected chi connectivity index (χ0v) is 14.6. The van der Waals surface area contributed by atoms with Crippen LogP contribution in [0.15, 0.2) is 83.8 Å². The molecule has 3 nitrogen and oxygen atoms in total. The second-order valence-electron chi connectivity index (χ2n) is 5.54. The van der Waals surface area contributed by atoms with Gasteiger partial charge in [-0.3, -0.25) is 9.59 Å². The second kappa shape index (κ2) is 8.45. The van der Waals surface area contributed by atoms with Crippen LogP contribution in [0, 0.1) is 5.82 Å². The van der Waals surface area contributed by atoms with Crippen molar-refractivity contribution < 1.29 is 14.0 Å². The van der Waals surface area contributed by atoms with Gasteiger partial charge in [0.1, 0.15) is 5.82 Å². The maximum atomic E-state index is 13.6. The van der Waals surface area contributed by atoms with Crippen molar-refractivity contribution >= 4 is 29.1 Å². The third kappa shape index (κ3) is 4.58. The summed E-state index contributed by atoms with van der Waals surface area (Å²) in [5.74, 6) is -0.636. The lowest BCUT2D eigenvalue weighted by Crippen LogP contribution is -2.14. The Morgan fingerprint density at radius 2 is 1.54 bits per heavy atom. The molecule has 130 valence electrons. The molecule has 0 spiro atoms. The lowest BCUT2D eigenvalue weighted by atomic mass is 10.0. The van der Waals surface area contributed by atoms with Gasteiger partial charge in [-0.15, -0.1) is 11.8 Å². The summed E-state index contributed by atoms with van der Waals surface area (Å²) in [6.07, 6.45) is 0. The number of benzene rings is 3. The Balaban J connectivity index is 1.64. The smallest absolute Gasteiger partial charge is 0.234 e. The van der Waals surface area contributed by atoms with E-state index in [9.17, 15) is 14.0 Å². The molecule has 0 aliphatic heterocycles. The summed E-state index contributed by atoms with van der Waals surface area (Å²) in [5, 5.41) is 2.74. The van der Waals surface area contributed by atoms with Crippen LogP contribution in [-0.4, -0.2) is 17.4 Å². The summed E-state index contributed by atoms with van der Waals surface area (Å²) in [7, 11) is 0. The number of hydrogen-bond acceptors (Lipinski definition) is 3. The Morgan fingerprint density at radius 1 is 0.846 bits per heavy atom. The number of thioether (sulfide) groups is 1. The second-order valence-corrected chi connectivity index (χ2v) is 6.56. The Labute approximate surface area is 155 Å². The third-order valence-corrected chi connectivity index (χ3v) is 4.69. The topological polar surface area (TPSA) is 46.2 Å². The first-order valence-corrected chi connectivity index (χ1v) is 8.99. The van der Waals surface area contributed by atoms with Gasteiger partial charge in [0.05, 0.1) is 5.75 Å². The standard InChI is InChI=1S/C21H16FNO2S/c22-18-11-4-5-12-19(18)26-14-20(24)23-17-10-6-9-16(13-17)21(25)15-7-2-1-3-8-15/h1-13H,14H2,(H,23,24). The molecule has 0 saturated carbocycles. The SMILES string of the molecule is O=C(CSc1ccccc1F)Nc1cccc(C(=O)c2ccccc2)c1. The van der Waals surface area contributed by atoms with Crippen LogP contribution in [0.4, 0.5) is 10.1 Å². The molecule has 0 unspecified atom stereocenters. The summed E-state index contributed by atoms with van der Waals surface area (Å²) in [4.78, 5) is 25.0. The monoisotopic (exact) mass is 365 g/mol. The first kappa shape index (κ1) is 17.9. The Hall–Kier alpha value is -2.92. The molecule has 3 aromatic rings. The predicted molar refractivity (Wildman–Crippen MR) is 102 cm³/mol. The molecule has 0 heterocycles. The van der Waals surface area contributed by atoms with E-state index in [1.807, 2.05) is 6.07 Å². The van der Waals surface area contributed by atoms with Crippen molar-refractivity contribution in [3.63, 3.8) is 0 Å². The van der Waals surface area contributed by atoms with Crippen molar-refractivity contribution in [3.05, 3.63) is 95.8 Å². The van der Waals surface area contributed by atoms with E-state index in [1.165, 1.54) is 6.07 Å². The van der Waals surface area contributed by atoms with Crippen molar-refractivity contribution in [3.8, 4) is 0 Å². The molecule has 0 atom stereocenters. The molecule has 3 rings (SSSR count). The first-order valence-electron chi connectivity index (χ1n) is 8.00. The van der Waals surface area contributed by atoms with Gasteiger partial charge in [0, 0.05) is 21.7 Å². The van der Waals surface area contributed by atoms with E-state index < -0.39 is 0 Å². The third-order valence-electron chi connectivity index (χ3n) is 3.64. The summed E-state index contributed by atoms with van der Waals surface area (Å²) in [6, 6.07) is 22.1. The van der Waals surface area contributed by atoms with Crippen molar-refractivity contribution in [1.82, 2.24) is 0 Å². The van der Waals surface area contributed by atoms with Crippen LogP contribution in [0.5, 0.6) is 0 Å². The van der Waals surface area contributed by atoms with Crippen LogP contribution in [0.2, 0.25) is 0 Å². The Kier molecular flexibility index (Phi) is 5.81. The Morgan fingerprint density at radius 3 is 2.31 bits per heavy atom. The highest BCUT2D eigenvalue weighted by Gasteiger charge is 2.11. The molecule has 0 fully saturated rings. The molecular formula is C21H16FNO2S. The number of halogens is 1. The maximum absolute atomic E-state index is 13.6. The summed E-state index contributed by atoms with van der Waals surface area (Å²) >= 11 is 1.13. The lowest BCUT2D eigenvalue weighted by Gasteiger charge is -2.08. The fraction of sp³-hybridized carbons (Fsp3) is 0.0476. The van der Waals surface area contributed by atoms with Gasteiger partial charge >= 0.3 is 0 Å². The van der Waals surface area contributed by atoms with E-state index in [0.717, 1.165) is 11.8 Å². The van der Waals surface area contributed by atoms with E-state index >= 15 is 0 Å². The normalized spacial score (nSPS) is 10.3. The Bertz CT molecular complexity index is 928. The molecule has 0 aliphatic rings.